The number of fused-ring (bicyclic) bond motifs is 3. The van der Waals surface area contributed by atoms with Crippen LogP contribution in [0.1, 0.15) is 70.8 Å². The number of hydrogen-bond acceptors (Lipinski definition) is 5. The summed E-state index contributed by atoms with van der Waals surface area (Å²) in [5.74, 6) is -0.804. The maximum Gasteiger partial charge on any atom is 0.337 e. The Labute approximate surface area is 224 Å². The molecule has 5 rings (SSSR count). The molecule has 2 saturated carbocycles. The highest BCUT2D eigenvalue weighted by Gasteiger charge is 2.56. The van der Waals surface area contributed by atoms with Gasteiger partial charge in [-0.1, -0.05) is 38.8 Å². The van der Waals surface area contributed by atoms with E-state index in [1.54, 1.807) is 9.80 Å². The Kier molecular flexibility index (Phi) is 7.88. The second-order valence-electron chi connectivity index (χ2n) is 11.1. The SMILES string of the molecule is CCCN1C(=O)C2CCC(C(=O)NC3CCCC3)CC2N2C(=O)N(CC(=O)Nc3cccc(CC)c3)NC12. The van der Waals surface area contributed by atoms with Gasteiger partial charge in [0.15, 0.2) is 6.29 Å². The Hall–Kier alpha value is -3.14. The lowest BCUT2D eigenvalue weighted by Gasteiger charge is -2.49. The van der Waals surface area contributed by atoms with E-state index in [1.165, 1.54) is 5.01 Å². The smallest absolute Gasteiger partial charge is 0.337 e. The van der Waals surface area contributed by atoms with E-state index in [9.17, 15) is 19.2 Å². The standard InChI is InChI=1S/C28H40N6O4/c1-3-14-32-26(37)22-13-12-19(25(36)30-20-9-5-6-10-20)16-23(22)34-27(32)31-33(28(34)38)17-24(35)29-21-11-7-8-18(4-2)15-21/h7-8,11,15,19-20,22-23,27,31H,3-6,9-10,12-14,16-17H2,1-2H3,(H,29,35)(H,30,36). The number of aryl methyl sites for hydroxylation is 1. The normalized spacial score (nSPS) is 27.4. The summed E-state index contributed by atoms with van der Waals surface area (Å²) in [6, 6.07) is 7.18. The topological polar surface area (TPSA) is 114 Å². The minimum absolute atomic E-state index is 0.0238. The molecule has 2 aliphatic heterocycles. The molecule has 2 aliphatic carbocycles. The number of carbonyl (C=O) groups is 4. The monoisotopic (exact) mass is 524 g/mol. The number of carbonyl (C=O) groups excluding carboxylic acids is 4. The van der Waals surface area contributed by atoms with Crippen LogP contribution in [0.4, 0.5) is 10.5 Å². The van der Waals surface area contributed by atoms with Gasteiger partial charge in [-0.15, -0.1) is 0 Å². The zero-order valence-corrected chi connectivity index (χ0v) is 22.4. The molecule has 1 aromatic carbocycles. The van der Waals surface area contributed by atoms with Crippen LogP contribution in [0.2, 0.25) is 0 Å². The number of urea groups is 1. The van der Waals surface area contributed by atoms with Crippen molar-refractivity contribution in [2.75, 3.05) is 18.4 Å². The molecule has 10 nitrogen and oxygen atoms in total. The minimum atomic E-state index is -0.649. The molecule has 5 amide bonds. The molecule has 4 aliphatic rings. The Morgan fingerprint density at radius 3 is 2.61 bits per heavy atom. The minimum Gasteiger partial charge on any atom is -0.353 e. The molecule has 1 aromatic rings. The third-order valence-electron chi connectivity index (χ3n) is 8.51. The first-order valence-electron chi connectivity index (χ1n) is 14.2. The number of hydrazine groups is 1. The first-order chi connectivity index (χ1) is 18.4. The lowest BCUT2D eigenvalue weighted by Crippen LogP contribution is -2.67. The van der Waals surface area contributed by atoms with Crippen LogP contribution in [0.15, 0.2) is 24.3 Å². The molecule has 3 N–H and O–H groups in total. The van der Waals surface area contributed by atoms with Gasteiger partial charge in [-0.25, -0.2) is 9.80 Å². The van der Waals surface area contributed by atoms with Crippen molar-refractivity contribution in [2.24, 2.45) is 11.8 Å². The van der Waals surface area contributed by atoms with Gasteiger partial charge >= 0.3 is 6.03 Å². The zero-order valence-electron chi connectivity index (χ0n) is 22.4. The van der Waals surface area contributed by atoms with Gasteiger partial charge in [0.2, 0.25) is 17.7 Å². The summed E-state index contributed by atoms with van der Waals surface area (Å²) < 4.78 is 0. The summed E-state index contributed by atoms with van der Waals surface area (Å²) in [5.41, 5.74) is 4.93. The van der Waals surface area contributed by atoms with Crippen LogP contribution in [0.5, 0.6) is 0 Å². The van der Waals surface area contributed by atoms with Crippen molar-refractivity contribution in [3.05, 3.63) is 29.8 Å². The molecule has 4 atom stereocenters. The third kappa shape index (κ3) is 5.23. The lowest BCUT2D eigenvalue weighted by molar-refractivity contribution is -0.158. The van der Waals surface area contributed by atoms with Crippen molar-refractivity contribution < 1.29 is 19.2 Å². The second kappa shape index (κ2) is 11.3. The van der Waals surface area contributed by atoms with Crippen LogP contribution >= 0.6 is 0 Å². The van der Waals surface area contributed by atoms with Crippen molar-refractivity contribution in [2.45, 2.75) is 90.0 Å². The van der Waals surface area contributed by atoms with E-state index in [-0.39, 0.29) is 54.2 Å². The number of benzene rings is 1. The number of hydrogen-bond donors (Lipinski definition) is 3. The number of nitrogens with zero attached hydrogens (tertiary/aromatic N) is 3. The van der Waals surface area contributed by atoms with E-state index in [1.807, 2.05) is 31.2 Å². The average molecular weight is 525 g/mol. The molecule has 2 heterocycles. The molecule has 0 bridgehead atoms. The fourth-order valence-corrected chi connectivity index (χ4v) is 6.55. The summed E-state index contributed by atoms with van der Waals surface area (Å²) >= 11 is 0. The van der Waals surface area contributed by atoms with Gasteiger partial charge in [0.1, 0.15) is 6.54 Å². The van der Waals surface area contributed by atoms with Crippen LogP contribution in [0, 0.1) is 11.8 Å². The van der Waals surface area contributed by atoms with Gasteiger partial charge in [0, 0.05) is 30.2 Å². The number of anilines is 1. The van der Waals surface area contributed by atoms with Crippen LogP contribution in [0.3, 0.4) is 0 Å². The molecule has 38 heavy (non-hydrogen) atoms. The average Bonchev–Trinajstić information content (AvgIpc) is 3.54. The van der Waals surface area contributed by atoms with Crippen molar-refractivity contribution in [3.8, 4) is 0 Å². The summed E-state index contributed by atoms with van der Waals surface area (Å²) in [4.78, 5) is 56.6. The fourth-order valence-electron chi connectivity index (χ4n) is 6.55. The highest BCUT2D eigenvalue weighted by Crippen LogP contribution is 2.40. The number of amides is 5. The predicted molar refractivity (Wildman–Crippen MR) is 142 cm³/mol. The van der Waals surface area contributed by atoms with Gasteiger partial charge in [-0.05, 0) is 62.6 Å². The van der Waals surface area contributed by atoms with Gasteiger partial charge in [-0.3, -0.25) is 19.3 Å². The summed E-state index contributed by atoms with van der Waals surface area (Å²) in [6.45, 7) is 4.38. The number of nitrogens with one attached hydrogen (secondary N) is 3. The maximum absolute atomic E-state index is 13.7. The molecule has 10 heteroatoms. The Balaban J connectivity index is 1.30. The van der Waals surface area contributed by atoms with E-state index >= 15 is 0 Å². The highest BCUT2D eigenvalue weighted by atomic mass is 16.2. The van der Waals surface area contributed by atoms with Crippen LogP contribution in [-0.2, 0) is 20.8 Å². The first-order valence-corrected chi connectivity index (χ1v) is 14.2. The van der Waals surface area contributed by atoms with Crippen LogP contribution in [0.25, 0.3) is 0 Å². The van der Waals surface area contributed by atoms with E-state index in [0.29, 0.717) is 31.5 Å². The van der Waals surface area contributed by atoms with Gasteiger partial charge in [0.25, 0.3) is 0 Å². The fraction of sp³-hybridized carbons (Fsp3) is 0.643. The molecular weight excluding hydrogens is 484 g/mol. The molecule has 0 radical (unpaired) electrons. The van der Waals surface area contributed by atoms with Gasteiger partial charge in [-0.2, -0.15) is 5.43 Å². The highest BCUT2D eigenvalue weighted by molar-refractivity contribution is 5.95. The Morgan fingerprint density at radius 2 is 1.87 bits per heavy atom. The van der Waals surface area contributed by atoms with Crippen molar-refractivity contribution in [3.63, 3.8) is 0 Å². The molecule has 0 aromatic heterocycles. The van der Waals surface area contributed by atoms with Crippen molar-refractivity contribution >= 4 is 29.4 Å². The second-order valence-corrected chi connectivity index (χ2v) is 11.1. The van der Waals surface area contributed by atoms with Crippen molar-refractivity contribution in [1.29, 1.82) is 0 Å². The predicted octanol–water partition coefficient (Wildman–Crippen LogP) is 2.81. The van der Waals surface area contributed by atoms with Gasteiger partial charge < -0.3 is 15.5 Å². The first kappa shape index (κ1) is 26.5. The molecule has 0 spiro atoms. The Morgan fingerprint density at radius 1 is 1.08 bits per heavy atom. The molecule has 4 fully saturated rings. The largest absolute Gasteiger partial charge is 0.353 e. The molecule has 2 saturated heterocycles. The summed E-state index contributed by atoms with van der Waals surface area (Å²) in [5, 5.41) is 7.39. The van der Waals surface area contributed by atoms with Gasteiger partial charge in [0.05, 0.1) is 5.92 Å². The third-order valence-corrected chi connectivity index (χ3v) is 8.51. The molecular formula is C28H40N6O4. The summed E-state index contributed by atoms with van der Waals surface area (Å²) in [6.07, 6.45) is 6.98. The Bertz CT molecular complexity index is 1070. The van der Waals surface area contributed by atoms with Crippen LogP contribution < -0.4 is 16.1 Å². The number of rotatable bonds is 8. The van der Waals surface area contributed by atoms with E-state index in [0.717, 1.165) is 44.1 Å². The quantitative estimate of drug-likeness (QED) is 0.484. The van der Waals surface area contributed by atoms with E-state index < -0.39 is 6.29 Å². The zero-order chi connectivity index (χ0) is 26.8. The van der Waals surface area contributed by atoms with E-state index in [4.69, 9.17) is 0 Å². The van der Waals surface area contributed by atoms with E-state index in [2.05, 4.69) is 23.0 Å². The van der Waals surface area contributed by atoms with Crippen LogP contribution in [-0.4, -0.2) is 70.0 Å². The van der Waals surface area contributed by atoms with Crippen molar-refractivity contribution in [1.82, 2.24) is 25.6 Å². The molecule has 206 valence electrons. The lowest BCUT2D eigenvalue weighted by atomic mass is 9.75. The maximum atomic E-state index is 13.7. The molecule has 4 unspecified atom stereocenters. The summed E-state index contributed by atoms with van der Waals surface area (Å²) in [7, 11) is 0.